The molecule has 1 aliphatic rings. The van der Waals surface area contributed by atoms with Gasteiger partial charge in [-0.05, 0) is 24.3 Å². The summed E-state index contributed by atoms with van der Waals surface area (Å²) >= 11 is 0. The number of aromatic nitrogens is 2. The van der Waals surface area contributed by atoms with Gasteiger partial charge in [-0.1, -0.05) is 30.3 Å². The second-order valence-electron chi connectivity index (χ2n) is 6.79. The number of para-hydroxylation sites is 1. The number of nitrogens with one attached hydrogen (secondary N) is 1. The summed E-state index contributed by atoms with van der Waals surface area (Å²) in [6.07, 6.45) is 2.89. The topological polar surface area (TPSA) is 102 Å². The molecule has 30 heavy (non-hydrogen) atoms. The van der Waals surface area contributed by atoms with Crippen molar-refractivity contribution in [1.82, 2.24) is 9.97 Å². The maximum absolute atomic E-state index is 12.6. The molecule has 1 aromatic heterocycles. The van der Waals surface area contributed by atoms with Crippen molar-refractivity contribution in [3.8, 4) is 6.07 Å². The number of hydrogen-bond donors (Lipinski definition) is 1. The molecule has 0 bridgehead atoms. The first-order valence-electron chi connectivity index (χ1n) is 9.46. The van der Waals surface area contributed by atoms with Gasteiger partial charge in [0.1, 0.15) is 11.0 Å². The highest BCUT2D eigenvalue weighted by Crippen LogP contribution is 2.21. The summed E-state index contributed by atoms with van der Waals surface area (Å²) < 4.78 is 27.6. The Kier molecular flexibility index (Phi) is 5.50. The highest BCUT2D eigenvalue weighted by Gasteiger charge is 2.21. The molecule has 1 aliphatic heterocycles. The lowest BCUT2D eigenvalue weighted by molar-refractivity contribution is 0.601. The molecular formula is C21H20N6O2S. The first kappa shape index (κ1) is 19.7. The molecule has 0 radical (unpaired) electrons. The average Bonchev–Trinajstić information content (AvgIpc) is 2.80. The Labute approximate surface area is 175 Å². The molecule has 9 heteroatoms. The van der Waals surface area contributed by atoms with Crippen LogP contribution in [0.4, 0.5) is 17.3 Å². The number of sulfonamides is 1. The van der Waals surface area contributed by atoms with E-state index in [1.54, 1.807) is 12.1 Å². The van der Waals surface area contributed by atoms with Crippen LogP contribution in [-0.4, -0.2) is 44.6 Å². The molecule has 0 amide bonds. The van der Waals surface area contributed by atoms with Crippen LogP contribution in [0.25, 0.3) is 0 Å². The van der Waals surface area contributed by atoms with Crippen LogP contribution in [0.5, 0.6) is 0 Å². The Morgan fingerprint density at radius 1 is 0.867 bits per heavy atom. The summed E-state index contributed by atoms with van der Waals surface area (Å²) in [5.74, 6) is 0.558. The molecule has 2 heterocycles. The van der Waals surface area contributed by atoms with Crippen LogP contribution in [0.15, 0.2) is 71.9 Å². The third-order valence-electron chi connectivity index (χ3n) is 4.87. The van der Waals surface area contributed by atoms with E-state index in [-0.39, 0.29) is 16.1 Å². The van der Waals surface area contributed by atoms with Crippen LogP contribution in [0.3, 0.4) is 0 Å². The highest BCUT2D eigenvalue weighted by molar-refractivity contribution is 7.92. The number of piperazine rings is 1. The van der Waals surface area contributed by atoms with Gasteiger partial charge in [-0.15, -0.1) is 0 Å². The molecule has 8 nitrogen and oxygen atoms in total. The van der Waals surface area contributed by atoms with Crippen molar-refractivity contribution in [2.45, 2.75) is 4.90 Å². The Morgan fingerprint density at radius 2 is 1.47 bits per heavy atom. The Bertz CT molecular complexity index is 1150. The summed E-state index contributed by atoms with van der Waals surface area (Å²) in [7, 11) is -3.90. The normalized spacial score (nSPS) is 14.2. The monoisotopic (exact) mass is 420 g/mol. The van der Waals surface area contributed by atoms with Gasteiger partial charge in [-0.25, -0.2) is 18.4 Å². The van der Waals surface area contributed by atoms with E-state index in [1.165, 1.54) is 30.2 Å². The summed E-state index contributed by atoms with van der Waals surface area (Å²) in [6.45, 7) is 3.25. The van der Waals surface area contributed by atoms with Crippen molar-refractivity contribution in [3.05, 3.63) is 72.6 Å². The first-order chi connectivity index (χ1) is 14.6. The molecule has 152 valence electrons. The summed E-state index contributed by atoms with van der Waals surface area (Å²) in [6, 6.07) is 18.2. The van der Waals surface area contributed by atoms with E-state index in [4.69, 9.17) is 5.26 Å². The maximum atomic E-state index is 12.6. The van der Waals surface area contributed by atoms with Crippen LogP contribution in [0, 0.1) is 11.3 Å². The molecule has 0 spiro atoms. The second-order valence-corrected chi connectivity index (χ2v) is 8.45. The number of rotatable bonds is 5. The smallest absolute Gasteiger partial charge is 0.263 e. The van der Waals surface area contributed by atoms with Crippen molar-refractivity contribution >= 4 is 27.3 Å². The quantitative estimate of drug-likeness (QED) is 0.676. The largest absolute Gasteiger partial charge is 0.368 e. The van der Waals surface area contributed by atoms with Gasteiger partial charge in [0.05, 0.1) is 23.6 Å². The number of nitrogens with zero attached hydrogens (tertiary/aromatic N) is 5. The lowest BCUT2D eigenvalue weighted by Crippen LogP contribution is -2.47. The van der Waals surface area contributed by atoms with Gasteiger partial charge in [0.2, 0.25) is 5.95 Å². The van der Waals surface area contributed by atoms with E-state index in [2.05, 4.69) is 36.6 Å². The van der Waals surface area contributed by atoms with Crippen molar-refractivity contribution in [2.24, 2.45) is 0 Å². The molecule has 1 fully saturated rings. The van der Waals surface area contributed by atoms with E-state index in [1.807, 2.05) is 24.3 Å². The van der Waals surface area contributed by atoms with Gasteiger partial charge >= 0.3 is 0 Å². The number of nitriles is 1. The second kappa shape index (κ2) is 8.39. The molecule has 4 rings (SSSR count). The van der Waals surface area contributed by atoms with Crippen LogP contribution < -0.4 is 14.5 Å². The van der Waals surface area contributed by atoms with Gasteiger partial charge in [-0.3, -0.25) is 4.72 Å². The highest BCUT2D eigenvalue weighted by atomic mass is 32.2. The van der Waals surface area contributed by atoms with E-state index >= 15 is 0 Å². The van der Waals surface area contributed by atoms with E-state index < -0.39 is 10.0 Å². The predicted octanol–water partition coefficient (Wildman–Crippen LogP) is 2.48. The fourth-order valence-electron chi connectivity index (χ4n) is 3.34. The SMILES string of the molecule is N#Cc1ccccc1S(=O)(=O)Nc1cnc(N2CCN(c3ccccc3)CC2)nc1. The van der Waals surface area contributed by atoms with Crippen LogP contribution in [-0.2, 0) is 10.0 Å². The van der Waals surface area contributed by atoms with E-state index in [0.717, 1.165) is 26.2 Å². The molecule has 2 aromatic carbocycles. The molecule has 0 aliphatic carbocycles. The van der Waals surface area contributed by atoms with Gasteiger partial charge in [-0.2, -0.15) is 5.26 Å². The van der Waals surface area contributed by atoms with Gasteiger partial charge in [0.25, 0.3) is 10.0 Å². The molecule has 0 saturated carbocycles. The van der Waals surface area contributed by atoms with Crippen molar-refractivity contribution in [1.29, 1.82) is 5.26 Å². The fraction of sp³-hybridized carbons (Fsp3) is 0.190. The standard InChI is InChI=1S/C21H20N6O2S/c22-14-17-6-4-5-9-20(17)30(28,29)25-18-15-23-21(24-16-18)27-12-10-26(11-13-27)19-7-2-1-3-8-19/h1-9,15-16,25H,10-13H2. The zero-order valence-corrected chi connectivity index (χ0v) is 17.0. The van der Waals surface area contributed by atoms with Crippen LogP contribution in [0.1, 0.15) is 5.56 Å². The van der Waals surface area contributed by atoms with E-state index in [0.29, 0.717) is 5.95 Å². The third-order valence-corrected chi connectivity index (χ3v) is 6.31. The third kappa shape index (κ3) is 4.18. The Balaban J connectivity index is 1.42. The lowest BCUT2D eigenvalue weighted by atomic mass is 10.2. The fourth-order valence-corrected chi connectivity index (χ4v) is 4.53. The lowest BCUT2D eigenvalue weighted by Gasteiger charge is -2.36. The summed E-state index contributed by atoms with van der Waals surface area (Å²) in [5, 5.41) is 9.14. The van der Waals surface area contributed by atoms with Gasteiger partial charge in [0.15, 0.2) is 0 Å². The Morgan fingerprint density at radius 3 is 2.13 bits per heavy atom. The minimum absolute atomic E-state index is 0.0754. The predicted molar refractivity (Wildman–Crippen MR) is 115 cm³/mol. The van der Waals surface area contributed by atoms with Gasteiger partial charge in [0, 0.05) is 31.9 Å². The van der Waals surface area contributed by atoms with Crippen LogP contribution in [0.2, 0.25) is 0 Å². The van der Waals surface area contributed by atoms with Crippen molar-refractivity contribution in [2.75, 3.05) is 40.7 Å². The van der Waals surface area contributed by atoms with E-state index in [9.17, 15) is 8.42 Å². The zero-order chi connectivity index (χ0) is 21.0. The molecule has 1 N–H and O–H groups in total. The van der Waals surface area contributed by atoms with Crippen LogP contribution >= 0.6 is 0 Å². The minimum Gasteiger partial charge on any atom is -0.368 e. The molecule has 0 atom stereocenters. The first-order valence-corrected chi connectivity index (χ1v) is 10.9. The summed E-state index contributed by atoms with van der Waals surface area (Å²) in [4.78, 5) is 13.0. The minimum atomic E-state index is -3.90. The molecule has 0 unspecified atom stereocenters. The number of hydrogen-bond acceptors (Lipinski definition) is 7. The number of benzene rings is 2. The summed E-state index contributed by atoms with van der Waals surface area (Å²) in [5.41, 5.74) is 1.52. The molecular weight excluding hydrogens is 400 g/mol. The Hall–Kier alpha value is -3.64. The molecule has 1 saturated heterocycles. The number of anilines is 3. The zero-order valence-electron chi connectivity index (χ0n) is 16.1. The van der Waals surface area contributed by atoms with Crippen molar-refractivity contribution < 1.29 is 8.42 Å². The van der Waals surface area contributed by atoms with Gasteiger partial charge < -0.3 is 9.80 Å². The molecule has 3 aromatic rings. The average molecular weight is 420 g/mol. The van der Waals surface area contributed by atoms with Crippen molar-refractivity contribution in [3.63, 3.8) is 0 Å². The maximum Gasteiger partial charge on any atom is 0.263 e.